The van der Waals surface area contributed by atoms with E-state index in [1.54, 1.807) is 6.08 Å². The van der Waals surface area contributed by atoms with Crippen LogP contribution in [0.4, 0.5) is 0 Å². The minimum Gasteiger partial charge on any atom is -0.466 e. The molecule has 0 aromatic rings. The molecule has 0 saturated carbocycles. The molecule has 6 N–H and O–H groups in total. The molecule has 7 unspecified atom stereocenters. The van der Waals surface area contributed by atoms with Gasteiger partial charge in [-0.2, -0.15) is 0 Å². The second-order valence-corrected chi connectivity index (χ2v) is 23.5. The van der Waals surface area contributed by atoms with Gasteiger partial charge in [0.2, 0.25) is 5.91 Å². The first-order valence-electron chi connectivity index (χ1n) is 33.9. The van der Waals surface area contributed by atoms with Gasteiger partial charge in [-0.15, -0.1) is 0 Å². The number of unbranched alkanes of at least 4 members (excludes halogenated alkanes) is 39. The van der Waals surface area contributed by atoms with Gasteiger partial charge in [-0.25, -0.2) is 0 Å². The molecule has 1 fully saturated rings. The van der Waals surface area contributed by atoms with Crippen LogP contribution in [0.1, 0.15) is 316 Å². The van der Waals surface area contributed by atoms with Crippen molar-refractivity contribution in [3.63, 3.8) is 0 Å². The zero-order valence-corrected chi connectivity index (χ0v) is 51.8. The summed E-state index contributed by atoms with van der Waals surface area (Å²) < 4.78 is 16.7. The predicted octanol–water partition coefficient (Wildman–Crippen LogP) is 16.8. The number of esters is 1. The molecule has 1 heterocycles. The fourth-order valence-corrected chi connectivity index (χ4v) is 10.5. The van der Waals surface area contributed by atoms with Crippen molar-refractivity contribution >= 4 is 11.9 Å². The zero-order valence-electron chi connectivity index (χ0n) is 51.8. The van der Waals surface area contributed by atoms with E-state index in [2.05, 4.69) is 55.6 Å². The van der Waals surface area contributed by atoms with E-state index < -0.39 is 49.5 Å². The molecule has 7 atom stereocenters. The Hall–Kier alpha value is -2.38. The number of amides is 1. The summed E-state index contributed by atoms with van der Waals surface area (Å²) in [5.41, 5.74) is 0. The molecule has 1 aliphatic rings. The second-order valence-electron chi connectivity index (χ2n) is 23.5. The molecule has 468 valence electrons. The summed E-state index contributed by atoms with van der Waals surface area (Å²) in [6.07, 6.45) is 65.4. The molecule has 1 saturated heterocycles. The summed E-state index contributed by atoms with van der Waals surface area (Å²) in [5.74, 6) is -0.196. The van der Waals surface area contributed by atoms with Gasteiger partial charge in [0, 0.05) is 12.8 Å². The Kier molecular flexibility index (Phi) is 55.2. The van der Waals surface area contributed by atoms with Gasteiger partial charge in [-0.05, 0) is 96.3 Å². The van der Waals surface area contributed by atoms with Crippen molar-refractivity contribution in [1.82, 2.24) is 5.32 Å². The van der Waals surface area contributed by atoms with E-state index in [0.29, 0.717) is 19.4 Å². The third-order valence-electron chi connectivity index (χ3n) is 15.9. The number of aliphatic hydroxyl groups excluding tert-OH is 5. The standard InChI is InChI=1S/C69H127NO10/c1-3-5-7-9-11-13-14-15-30-34-37-41-45-49-53-57-65(74)78-58-54-50-46-42-38-35-32-29-27-25-23-21-19-17-16-18-20-22-24-26-28-31-33-36-40-44-48-52-56-64(73)70-61(62(72)55-51-47-43-39-12-10-8-6-4-2)60-79-69-68(77)67(76)66(75)63(59-71)80-69/h12,15-17,30,39,51,55,61-63,66-69,71-72,75-77H,3-11,13-14,18-29,31-38,40-50,52-54,56-60H2,1-2H3,(H,70,73)/b17-16-,30-15-,39-12+,55-51+. The van der Waals surface area contributed by atoms with Crippen LogP contribution in [0.5, 0.6) is 0 Å². The Balaban J connectivity index is 1.94. The lowest BCUT2D eigenvalue weighted by Gasteiger charge is -2.40. The number of ether oxygens (including phenoxy) is 3. The Morgan fingerprint density at radius 1 is 0.450 bits per heavy atom. The van der Waals surface area contributed by atoms with E-state index in [1.165, 1.54) is 231 Å². The number of carbonyl (C=O) groups is 2. The zero-order chi connectivity index (χ0) is 58.0. The molecule has 0 aromatic carbocycles. The topological polar surface area (TPSA) is 175 Å². The fourth-order valence-electron chi connectivity index (χ4n) is 10.5. The molecule has 0 aromatic heterocycles. The minimum absolute atomic E-state index is 0.00170. The van der Waals surface area contributed by atoms with Crippen molar-refractivity contribution in [2.45, 2.75) is 358 Å². The number of hydrogen-bond acceptors (Lipinski definition) is 10. The summed E-state index contributed by atoms with van der Waals surface area (Å²) in [5, 5.41) is 54.2. The van der Waals surface area contributed by atoms with Crippen LogP contribution in [0.25, 0.3) is 0 Å². The lowest BCUT2D eigenvalue weighted by Crippen LogP contribution is -2.60. The van der Waals surface area contributed by atoms with Gasteiger partial charge >= 0.3 is 5.97 Å². The number of carbonyl (C=O) groups excluding carboxylic acids is 2. The monoisotopic (exact) mass is 1130 g/mol. The van der Waals surface area contributed by atoms with Crippen molar-refractivity contribution in [2.75, 3.05) is 19.8 Å². The van der Waals surface area contributed by atoms with E-state index in [-0.39, 0.29) is 18.5 Å². The fraction of sp³-hybridized carbons (Fsp3) is 0.855. The van der Waals surface area contributed by atoms with Crippen molar-refractivity contribution in [3.8, 4) is 0 Å². The van der Waals surface area contributed by atoms with Crippen molar-refractivity contribution < 1.29 is 49.3 Å². The lowest BCUT2D eigenvalue weighted by atomic mass is 9.99. The van der Waals surface area contributed by atoms with Gasteiger partial charge in [0.05, 0.1) is 32.0 Å². The van der Waals surface area contributed by atoms with Gasteiger partial charge in [-0.1, -0.05) is 255 Å². The minimum atomic E-state index is -1.58. The molecular formula is C69H127NO10. The maximum atomic E-state index is 13.0. The van der Waals surface area contributed by atoms with E-state index in [0.717, 1.165) is 57.8 Å². The number of hydrogen-bond donors (Lipinski definition) is 6. The third kappa shape index (κ3) is 47.0. The molecule has 0 bridgehead atoms. The Bertz CT molecular complexity index is 1470. The molecule has 1 aliphatic heterocycles. The molecule has 11 nitrogen and oxygen atoms in total. The number of allylic oxidation sites excluding steroid dienone is 7. The maximum absolute atomic E-state index is 13.0. The quantitative estimate of drug-likeness (QED) is 0.0195. The molecule has 0 aliphatic carbocycles. The highest BCUT2D eigenvalue weighted by Crippen LogP contribution is 2.23. The summed E-state index contributed by atoms with van der Waals surface area (Å²) in [7, 11) is 0. The summed E-state index contributed by atoms with van der Waals surface area (Å²) >= 11 is 0. The van der Waals surface area contributed by atoms with Crippen LogP contribution in [0.2, 0.25) is 0 Å². The molecule has 0 radical (unpaired) electrons. The first-order chi connectivity index (χ1) is 39.2. The van der Waals surface area contributed by atoms with Crippen LogP contribution in [0.3, 0.4) is 0 Å². The first-order valence-corrected chi connectivity index (χ1v) is 33.9. The molecule has 1 rings (SSSR count). The molecule has 11 heteroatoms. The Morgan fingerprint density at radius 2 is 0.812 bits per heavy atom. The normalized spacial score (nSPS) is 18.6. The van der Waals surface area contributed by atoms with Crippen molar-refractivity contribution in [2.24, 2.45) is 0 Å². The van der Waals surface area contributed by atoms with Crippen LogP contribution in [0, 0.1) is 0 Å². The number of rotatable bonds is 59. The SMILES string of the molecule is CCCCC/C=C/CC/C=C/C(O)C(COC1OC(CO)C(O)C(O)C1O)NC(=O)CCCCCCCCCCCCCC/C=C\CCCCCCCCCCCCCCOC(=O)CCCCCCC/C=C\CCCCCCCC. The van der Waals surface area contributed by atoms with Gasteiger partial charge in [0.1, 0.15) is 24.4 Å². The lowest BCUT2D eigenvalue weighted by molar-refractivity contribution is -0.302. The van der Waals surface area contributed by atoms with Crippen LogP contribution in [-0.4, -0.2) is 100 Å². The highest BCUT2D eigenvalue weighted by molar-refractivity contribution is 5.76. The molecular weight excluding hydrogens is 1000 g/mol. The first kappa shape index (κ1) is 75.6. The van der Waals surface area contributed by atoms with Crippen LogP contribution in [0.15, 0.2) is 48.6 Å². The highest BCUT2D eigenvalue weighted by Gasteiger charge is 2.44. The molecule has 0 spiro atoms. The van der Waals surface area contributed by atoms with Crippen LogP contribution in [-0.2, 0) is 23.8 Å². The van der Waals surface area contributed by atoms with Crippen LogP contribution < -0.4 is 5.32 Å². The predicted molar refractivity (Wildman–Crippen MR) is 334 cm³/mol. The van der Waals surface area contributed by atoms with E-state index in [9.17, 15) is 35.1 Å². The molecule has 80 heavy (non-hydrogen) atoms. The average Bonchev–Trinajstić information content (AvgIpc) is 3.45. The van der Waals surface area contributed by atoms with E-state index in [1.807, 2.05) is 6.08 Å². The highest BCUT2D eigenvalue weighted by atomic mass is 16.7. The maximum Gasteiger partial charge on any atom is 0.305 e. The van der Waals surface area contributed by atoms with Crippen LogP contribution >= 0.6 is 0 Å². The van der Waals surface area contributed by atoms with Gasteiger partial charge in [0.15, 0.2) is 6.29 Å². The third-order valence-corrected chi connectivity index (χ3v) is 15.9. The Morgan fingerprint density at radius 3 is 1.26 bits per heavy atom. The average molecular weight is 1130 g/mol. The summed E-state index contributed by atoms with van der Waals surface area (Å²) in [6.45, 7) is 4.28. The van der Waals surface area contributed by atoms with Gasteiger partial charge < -0.3 is 45.1 Å². The van der Waals surface area contributed by atoms with E-state index in [4.69, 9.17) is 14.2 Å². The van der Waals surface area contributed by atoms with Gasteiger partial charge in [0.25, 0.3) is 0 Å². The second kappa shape index (κ2) is 58.4. The van der Waals surface area contributed by atoms with Crippen molar-refractivity contribution in [1.29, 1.82) is 0 Å². The summed E-state index contributed by atoms with van der Waals surface area (Å²) in [4.78, 5) is 25.1. The Labute approximate surface area is 491 Å². The summed E-state index contributed by atoms with van der Waals surface area (Å²) in [6, 6.07) is -0.827. The largest absolute Gasteiger partial charge is 0.466 e. The number of nitrogens with one attached hydrogen (secondary N) is 1. The van der Waals surface area contributed by atoms with E-state index >= 15 is 0 Å². The molecule has 1 amide bonds. The van der Waals surface area contributed by atoms with Crippen molar-refractivity contribution in [3.05, 3.63) is 48.6 Å². The smallest absolute Gasteiger partial charge is 0.305 e. The van der Waals surface area contributed by atoms with Gasteiger partial charge in [-0.3, -0.25) is 9.59 Å². The number of aliphatic hydroxyl groups is 5.